The Labute approximate surface area is 155 Å². The second-order valence-corrected chi connectivity index (χ2v) is 7.02. The van der Waals surface area contributed by atoms with E-state index >= 15 is 0 Å². The van der Waals surface area contributed by atoms with Crippen molar-refractivity contribution < 1.29 is 19.1 Å². The molecule has 0 radical (unpaired) electrons. The zero-order valence-electron chi connectivity index (χ0n) is 14.4. The lowest BCUT2D eigenvalue weighted by molar-refractivity contribution is -0.156. The molecule has 3 rings (SSSR count). The molecule has 0 spiro atoms. The van der Waals surface area contributed by atoms with Crippen LogP contribution >= 0.6 is 11.3 Å². The Balaban J connectivity index is 1.59. The Morgan fingerprint density at radius 2 is 1.96 bits per heavy atom. The van der Waals surface area contributed by atoms with Crippen LogP contribution in [-0.4, -0.2) is 41.4 Å². The molecule has 0 bridgehead atoms. The average Bonchev–Trinajstić information content (AvgIpc) is 3.33. The predicted molar refractivity (Wildman–Crippen MR) is 99.0 cm³/mol. The van der Waals surface area contributed by atoms with Gasteiger partial charge in [0.2, 0.25) is 0 Å². The van der Waals surface area contributed by atoms with Crippen LogP contribution in [0.5, 0.6) is 0 Å². The van der Waals surface area contributed by atoms with E-state index in [1.807, 2.05) is 11.4 Å². The van der Waals surface area contributed by atoms with Crippen molar-refractivity contribution in [2.24, 2.45) is 0 Å². The summed E-state index contributed by atoms with van der Waals surface area (Å²) in [6.07, 6.45) is 0.340. The highest BCUT2D eigenvalue weighted by Crippen LogP contribution is 2.23. The SMILES string of the molecule is C[C@H](OC(=O)[C@@H]1CCCN1C(=O)c1cccs1)C(=O)Nc1ccccc1. The van der Waals surface area contributed by atoms with Crippen molar-refractivity contribution in [3.05, 3.63) is 52.7 Å². The van der Waals surface area contributed by atoms with Gasteiger partial charge < -0.3 is 15.0 Å². The van der Waals surface area contributed by atoms with Crippen molar-refractivity contribution in [2.45, 2.75) is 31.9 Å². The lowest BCUT2D eigenvalue weighted by Crippen LogP contribution is -2.43. The lowest BCUT2D eigenvalue weighted by atomic mass is 10.2. The first-order chi connectivity index (χ1) is 12.6. The molecule has 0 aliphatic carbocycles. The molecule has 2 atom stereocenters. The zero-order valence-corrected chi connectivity index (χ0v) is 15.2. The molecule has 2 heterocycles. The van der Waals surface area contributed by atoms with Gasteiger partial charge in [-0.3, -0.25) is 9.59 Å². The first-order valence-corrected chi connectivity index (χ1v) is 9.35. The monoisotopic (exact) mass is 372 g/mol. The predicted octanol–water partition coefficient (Wildman–Crippen LogP) is 2.92. The van der Waals surface area contributed by atoms with Crippen molar-refractivity contribution in [3.63, 3.8) is 0 Å². The van der Waals surface area contributed by atoms with Gasteiger partial charge in [-0.2, -0.15) is 0 Å². The molecular formula is C19H20N2O4S. The Kier molecular flexibility index (Phi) is 5.68. The molecule has 2 aromatic rings. The quantitative estimate of drug-likeness (QED) is 0.819. The summed E-state index contributed by atoms with van der Waals surface area (Å²) in [7, 11) is 0. The number of amides is 2. The summed E-state index contributed by atoms with van der Waals surface area (Å²) in [6.45, 7) is 2.04. The van der Waals surface area contributed by atoms with Crippen molar-refractivity contribution in [1.82, 2.24) is 4.90 Å². The van der Waals surface area contributed by atoms with E-state index in [4.69, 9.17) is 4.74 Å². The number of benzene rings is 1. The second kappa shape index (κ2) is 8.14. The van der Waals surface area contributed by atoms with Gasteiger partial charge in [0.1, 0.15) is 6.04 Å². The molecule has 136 valence electrons. The number of anilines is 1. The fraction of sp³-hybridized carbons (Fsp3) is 0.316. The number of rotatable bonds is 5. The highest BCUT2D eigenvalue weighted by molar-refractivity contribution is 7.12. The van der Waals surface area contributed by atoms with E-state index in [9.17, 15) is 14.4 Å². The van der Waals surface area contributed by atoms with Gasteiger partial charge in [-0.15, -0.1) is 11.3 Å². The maximum Gasteiger partial charge on any atom is 0.329 e. The van der Waals surface area contributed by atoms with Crippen LogP contribution in [-0.2, 0) is 14.3 Å². The van der Waals surface area contributed by atoms with Crippen molar-refractivity contribution in [3.8, 4) is 0 Å². The molecule has 7 heteroatoms. The Morgan fingerprint density at radius 3 is 2.65 bits per heavy atom. The molecule has 6 nitrogen and oxygen atoms in total. The van der Waals surface area contributed by atoms with Crippen molar-refractivity contribution in [2.75, 3.05) is 11.9 Å². The Morgan fingerprint density at radius 1 is 1.19 bits per heavy atom. The number of nitrogens with one attached hydrogen (secondary N) is 1. The van der Waals surface area contributed by atoms with E-state index in [1.54, 1.807) is 36.4 Å². The molecule has 1 aromatic heterocycles. The van der Waals surface area contributed by atoms with Crippen LogP contribution in [0, 0.1) is 0 Å². The topological polar surface area (TPSA) is 75.7 Å². The van der Waals surface area contributed by atoms with Crippen LogP contribution in [0.3, 0.4) is 0 Å². The first kappa shape index (κ1) is 18.1. The molecule has 1 saturated heterocycles. The largest absolute Gasteiger partial charge is 0.451 e. The fourth-order valence-electron chi connectivity index (χ4n) is 2.87. The number of ether oxygens (including phenoxy) is 1. The normalized spacial score (nSPS) is 17.6. The minimum atomic E-state index is -0.943. The number of hydrogen-bond acceptors (Lipinski definition) is 5. The number of likely N-dealkylation sites (tertiary alicyclic amines) is 1. The molecular weight excluding hydrogens is 352 g/mol. The molecule has 1 N–H and O–H groups in total. The van der Waals surface area contributed by atoms with E-state index < -0.39 is 24.0 Å². The van der Waals surface area contributed by atoms with Gasteiger partial charge in [0.15, 0.2) is 6.10 Å². The molecule has 1 fully saturated rings. The zero-order chi connectivity index (χ0) is 18.5. The summed E-state index contributed by atoms with van der Waals surface area (Å²) in [6, 6.07) is 11.9. The fourth-order valence-corrected chi connectivity index (χ4v) is 3.55. The van der Waals surface area contributed by atoms with Gasteiger partial charge in [0, 0.05) is 12.2 Å². The maximum atomic E-state index is 12.5. The molecule has 2 amide bonds. The van der Waals surface area contributed by atoms with Gasteiger partial charge in [-0.25, -0.2) is 4.79 Å². The summed E-state index contributed by atoms with van der Waals surface area (Å²) in [5, 5.41) is 4.52. The van der Waals surface area contributed by atoms with Crippen molar-refractivity contribution >= 4 is 34.8 Å². The highest BCUT2D eigenvalue weighted by Gasteiger charge is 2.37. The summed E-state index contributed by atoms with van der Waals surface area (Å²) < 4.78 is 5.32. The van der Waals surface area contributed by atoms with Crippen LogP contribution in [0.1, 0.15) is 29.4 Å². The number of hydrogen-bond donors (Lipinski definition) is 1. The van der Waals surface area contributed by atoms with Crippen LogP contribution in [0.2, 0.25) is 0 Å². The smallest absolute Gasteiger partial charge is 0.329 e. The average molecular weight is 372 g/mol. The second-order valence-electron chi connectivity index (χ2n) is 6.07. The summed E-state index contributed by atoms with van der Waals surface area (Å²) in [5.41, 5.74) is 0.635. The van der Waals surface area contributed by atoms with Gasteiger partial charge in [-0.05, 0) is 43.3 Å². The maximum absolute atomic E-state index is 12.5. The third-order valence-corrected chi connectivity index (χ3v) is 5.08. The summed E-state index contributed by atoms with van der Waals surface area (Å²) >= 11 is 1.34. The molecule has 0 unspecified atom stereocenters. The molecule has 1 aliphatic rings. The number of thiophene rings is 1. The van der Waals surface area contributed by atoms with Gasteiger partial charge in [0.25, 0.3) is 11.8 Å². The van der Waals surface area contributed by atoms with Gasteiger partial charge in [0.05, 0.1) is 4.88 Å². The number of esters is 1. The number of nitrogens with zero attached hydrogens (tertiary/aromatic N) is 1. The minimum Gasteiger partial charge on any atom is -0.451 e. The van der Waals surface area contributed by atoms with Gasteiger partial charge >= 0.3 is 5.97 Å². The molecule has 26 heavy (non-hydrogen) atoms. The Hall–Kier alpha value is -2.67. The minimum absolute atomic E-state index is 0.166. The standard InChI is InChI=1S/C19H20N2O4S/c1-13(17(22)20-14-7-3-2-4-8-14)25-19(24)15-9-5-11-21(15)18(23)16-10-6-12-26-16/h2-4,6-8,10,12-13,15H,5,9,11H2,1H3,(H,20,22)/t13-,15-/m0/s1. The number of para-hydroxylation sites is 1. The van der Waals surface area contributed by atoms with Crippen LogP contribution in [0.25, 0.3) is 0 Å². The van der Waals surface area contributed by atoms with Crippen LogP contribution in [0.15, 0.2) is 47.8 Å². The molecule has 1 aliphatic heterocycles. The summed E-state index contributed by atoms with van der Waals surface area (Å²) in [4.78, 5) is 39.4. The summed E-state index contributed by atoms with van der Waals surface area (Å²) in [5.74, 6) is -1.11. The molecule has 1 aromatic carbocycles. The van der Waals surface area contributed by atoms with E-state index in [-0.39, 0.29) is 5.91 Å². The van der Waals surface area contributed by atoms with E-state index in [0.717, 1.165) is 6.42 Å². The van der Waals surface area contributed by atoms with E-state index in [0.29, 0.717) is 23.5 Å². The van der Waals surface area contributed by atoms with E-state index in [1.165, 1.54) is 23.2 Å². The number of carbonyl (C=O) groups is 3. The van der Waals surface area contributed by atoms with Crippen LogP contribution < -0.4 is 5.32 Å². The lowest BCUT2D eigenvalue weighted by Gasteiger charge is -2.24. The Bertz CT molecular complexity index is 776. The van der Waals surface area contributed by atoms with Crippen molar-refractivity contribution in [1.29, 1.82) is 0 Å². The first-order valence-electron chi connectivity index (χ1n) is 8.47. The van der Waals surface area contributed by atoms with E-state index in [2.05, 4.69) is 5.32 Å². The van der Waals surface area contributed by atoms with Gasteiger partial charge in [-0.1, -0.05) is 24.3 Å². The highest BCUT2D eigenvalue weighted by atomic mass is 32.1. The number of carbonyl (C=O) groups excluding carboxylic acids is 3. The third-order valence-electron chi connectivity index (χ3n) is 4.22. The van der Waals surface area contributed by atoms with Crippen LogP contribution in [0.4, 0.5) is 5.69 Å². The third kappa shape index (κ3) is 4.11. The molecule has 0 saturated carbocycles.